The van der Waals surface area contributed by atoms with E-state index in [4.69, 9.17) is 9.84 Å². The molecule has 0 bridgehead atoms. The Morgan fingerprint density at radius 1 is 1.59 bits per heavy atom. The van der Waals surface area contributed by atoms with Crippen LogP contribution in [0.2, 0.25) is 0 Å². The highest BCUT2D eigenvalue weighted by Crippen LogP contribution is 2.11. The first-order valence-electron chi connectivity index (χ1n) is 5.46. The summed E-state index contributed by atoms with van der Waals surface area (Å²) in [6.07, 6.45) is -0.280. The van der Waals surface area contributed by atoms with Crippen molar-refractivity contribution in [3.05, 3.63) is 0 Å². The van der Waals surface area contributed by atoms with Gasteiger partial charge >= 0.3 is 12.0 Å². The number of nitrogens with one attached hydrogen (secondary N) is 2. The number of aliphatic carboxylic acids is 1. The van der Waals surface area contributed by atoms with Gasteiger partial charge in [-0.15, -0.1) is 0 Å². The Morgan fingerprint density at radius 3 is 2.76 bits per heavy atom. The number of methoxy groups -OCH3 is 1. The van der Waals surface area contributed by atoms with Crippen LogP contribution < -0.4 is 10.6 Å². The van der Waals surface area contributed by atoms with Gasteiger partial charge in [0.25, 0.3) is 0 Å². The van der Waals surface area contributed by atoms with Crippen LogP contribution in [0.25, 0.3) is 0 Å². The fraction of sp³-hybridized carbons (Fsp3) is 0.800. The van der Waals surface area contributed by atoms with Crippen LogP contribution in [0.3, 0.4) is 0 Å². The molecule has 7 heteroatoms. The monoisotopic (exact) mass is 246 g/mol. The first-order chi connectivity index (χ1) is 8.04. The van der Waals surface area contributed by atoms with Gasteiger partial charge in [-0.25, -0.2) is 9.59 Å². The second kappa shape index (κ2) is 6.41. The summed E-state index contributed by atoms with van der Waals surface area (Å²) < 4.78 is 9.98. The molecule has 1 fully saturated rings. The van der Waals surface area contributed by atoms with Gasteiger partial charge < -0.3 is 25.2 Å². The zero-order valence-electron chi connectivity index (χ0n) is 9.93. The van der Waals surface area contributed by atoms with Gasteiger partial charge in [-0.1, -0.05) is 0 Å². The van der Waals surface area contributed by atoms with Gasteiger partial charge in [-0.3, -0.25) is 0 Å². The molecule has 2 amide bonds. The quantitative estimate of drug-likeness (QED) is 0.611. The van der Waals surface area contributed by atoms with E-state index in [-0.39, 0.29) is 18.7 Å². The molecule has 3 unspecified atom stereocenters. The molecule has 0 aromatic rings. The van der Waals surface area contributed by atoms with Crippen molar-refractivity contribution in [2.75, 3.05) is 20.3 Å². The number of carbonyl (C=O) groups excluding carboxylic acids is 1. The van der Waals surface area contributed by atoms with Gasteiger partial charge in [0.15, 0.2) is 6.10 Å². The van der Waals surface area contributed by atoms with Crippen molar-refractivity contribution in [1.82, 2.24) is 10.6 Å². The van der Waals surface area contributed by atoms with Crippen LogP contribution in [0, 0.1) is 0 Å². The molecule has 3 atom stereocenters. The number of hydrogen-bond donors (Lipinski definition) is 3. The minimum Gasteiger partial charge on any atom is -0.479 e. The second-order valence-corrected chi connectivity index (χ2v) is 3.89. The molecule has 98 valence electrons. The van der Waals surface area contributed by atoms with Gasteiger partial charge in [0, 0.05) is 13.7 Å². The van der Waals surface area contributed by atoms with Crippen molar-refractivity contribution < 1.29 is 24.2 Å². The molecule has 1 aliphatic heterocycles. The highest BCUT2D eigenvalue weighted by molar-refractivity contribution is 5.77. The lowest BCUT2D eigenvalue weighted by molar-refractivity contribution is -0.147. The molecule has 17 heavy (non-hydrogen) atoms. The Hall–Kier alpha value is -1.34. The smallest absolute Gasteiger partial charge is 0.334 e. The van der Waals surface area contributed by atoms with E-state index < -0.39 is 18.1 Å². The topological polar surface area (TPSA) is 96.9 Å². The minimum atomic E-state index is -1.11. The first kappa shape index (κ1) is 13.7. The standard InChI is InChI=1S/C10H18N2O5/c1-6-7(3-4-17-6)12-10(15)11-5-8(16-2)9(13)14/h6-8H,3-5H2,1-2H3,(H,13,14)(H2,11,12,15). The lowest BCUT2D eigenvalue weighted by atomic mass is 10.2. The molecular formula is C10H18N2O5. The van der Waals surface area contributed by atoms with Crippen molar-refractivity contribution in [3.8, 4) is 0 Å². The first-order valence-corrected chi connectivity index (χ1v) is 5.46. The second-order valence-electron chi connectivity index (χ2n) is 3.89. The molecule has 0 aromatic heterocycles. The van der Waals surface area contributed by atoms with Gasteiger partial charge in [0.05, 0.1) is 18.7 Å². The summed E-state index contributed by atoms with van der Waals surface area (Å²) in [6.45, 7) is 2.44. The van der Waals surface area contributed by atoms with E-state index in [0.717, 1.165) is 6.42 Å². The molecule has 7 nitrogen and oxygen atoms in total. The van der Waals surface area contributed by atoms with E-state index in [2.05, 4.69) is 15.4 Å². The zero-order chi connectivity index (χ0) is 12.8. The molecule has 0 aliphatic carbocycles. The number of rotatable bonds is 5. The maximum atomic E-state index is 11.5. The average Bonchev–Trinajstić information content (AvgIpc) is 2.65. The zero-order valence-corrected chi connectivity index (χ0v) is 9.93. The number of hydrogen-bond acceptors (Lipinski definition) is 4. The summed E-state index contributed by atoms with van der Waals surface area (Å²) in [5.41, 5.74) is 0. The van der Waals surface area contributed by atoms with Crippen LogP contribution in [0.4, 0.5) is 4.79 Å². The van der Waals surface area contributed by atoms with Crippen molar-refractivity contribution >= 4 is 12.0 Å². The van der Waals surface area contributed by atoms with Crippen molar-refractivity contribution in [2.24, 2.45) is 0 Å². The third-order valence-electron chi connectivity index (χ3n) is 2.70. The van der Waals surface area contributed by atoms with E-state index in [1.54, 1.807) is 0 Å². The third kappa shape index (κ3) is 4.20. The van der Waals surface area contributed by atoms with Gasteiger partial charge in [-0.05, 0) is 13.3 Å². The Labute approximate surface area is 99.5 Å². The number of carbonyl (C=O) groups is 2. The Bertz CT molecular complexity index is 284. The third-order valence-corrected chi connectivity index (χ3v) is 2.70. The summed E-state index contributed by atoms with van der Waals surface area (Å²) in [5, 5.41) is 13.9. The van der Waals surface area contributed by atoms with E-state index in [9.17, 15) is 9.59 Å². The fourth-order valence-electron chi connectivity index (χ4n) is 1.60. The SMILES string of the molecule is COC(CNC(=O)NC1CCOC1C)C(=O)O. The Kier molecular flexibility index (Phi) is 5.17. The van der Waals surface area contributed by atoms with Crippen molar-refractivity contribution in [2.45, 2.75) is 31.6 Å². The number of carboxylic acids is 1. The number of amides is 2. The van der Waals surface area contributed by atoms with E-state index in [1.807, 2.05) is 6.92 Å². The number of carboxylic acid groups (broad SMARTS) is 1. The van der Waals surface area contributed by atoms with Crippen molar-refractivity contribution in [3.63, 3.8) is 0 Å². The Balaban J connectivity index is 2.27. The van der Waals surface area contributed by atoms with Crippen LogP contribution in [0.15, 0.2) is 0 Å². The van der Waals surface area contributed by atoms with E-state index >= 15 is 0 Å². The lowest BCUT2D eigenvalue weighted by Gasteiger charge is -2.17. The largest absolute Gasteiger partial charge is 0.479 e. The highest BCUT2D eigenvalue weighted by Gasteiger charge is 2.26. The molecule has 1 saturated heterocycles. The van der Waals surface area contributed by atoms with Crippen molar-refractivity contribution in [1.29, 1.82) is 0 Å². The maximum Gasteiger partial charge on any atom is 0.334 e. The number of urea groups is 1. The van der Waals surface area contributed by atoms with Gasteiger partial charge in [0.1, 0.15) is 0 Å². The number of ether oxygens (including phenoxy) is 2. The normalized spacial score (nSPS) is 25.3. The summed E-state index contributed by atoms with van der Waals surface area (Å²) in [6, 6.07) is -0.434. The highest BCUT2D eigenvalue weighted by atomic mass is 16.5. The van der Waals surface area contributed by atoms with Crippen LogP contribution in [-0.4, -0.2) is 55.6 Å². The minimum absolute atomic E-state index is 0.0153. The summed E-state index contributed by atoms with van der Waals surface area (Å²) in [7, 11) is 1.28. The van der Waals surface area contributed by atoms with Crippen LogP contribution in [0.1, 0.15) is 13.3 Å². The average molecular weight is 246 g/mol. The predicted octanol–water partition coefficient (Wildman–Crippen LogP) is -0.437. The molecule has 1 rings (SSSR count). The molecule has 1 aliphatic rings. The molecule has 0 radical (unpaired) electrons. The fourth-order valence-corrected chi connectivity index (χ4v) is 1.60. The predicted molar refractivity (Wildman–Crippen MR) is 58.8 cm³/mol. The molecule has 0 aromatic carbocycles. The molecule has 0 spiro atoms. The summed E-state index contributed by atoms with van der Waals surface area (Å²) >= 11 is 0. The lowest BCUT2D eigenvalue weighted by Crippen LogP contribution is -2.48. The maximum absolute atomic E-state index is 11.5. The summed E-state index contributed by atoms with van der Waals surface area (Å²) in [4.78, 5) is 22.1. The van der Waals surface area contributed by atoms with Gasteiger partial charge in [-0.2, -0.15) is 0 Å². The van der Waals surface area contributed by atoms with Crippen LogP contribution >= 0.6 is 0 Å². The molecule has 3 N–H and O–H groups in total. The van der Waals surface area contributed by atoms with Crippen LogP contribution in [-0.2, 0) is 14.3 Å². The molecule has 0 saturated carbocycles. The van der Waals surface area contributed by atoms with E-state index in [0.29, 0.717) is 6.61 Å². The Morgan fingerprint density at radius 2 is 2.29 bits per heavy atom. The van der Waals surface area contributed by atoms with Crippen LogP contribution in [0.5, 0.6) is 0 Å². The van der Waals surface area contributed by atoms with E-state index in [1.165, 1.54) is 7.11 Å². The summed E-state index contributed by atoms with van der Waals surface area (Å²) in [5.74, 6) is -1.11. The van der Waals surface area contributed by atoms with Gasteiger partial charge in [0.2, 0.25) is 0 Å². The molecule has 1 heterocycles. The molecular weight excluding hydrogens is 228 g/mol.